The van der Waals surface area contributed by atoms with Crippen LogP contribution in [0.4, 0.5) is 11.5 Å². The van der Waals surface area contributed by atoms with Crippen LogP contribution >= 0.6 is 0 Å². The van der Waals surface area contributed by atoms with Gasteiger partial charge in [-0.15, -0.1) is 0 Å². The van der Waals surface area contributed by atoms with Gasteiger partial charge in [0, 0.05) is 24.0 Å². The lowest BCUT2D eigenvalue weighted by Crippen LogP contribution is -2.17. The average molecular weight is 309 g/mol. The molecular formula is C16H15N5O2. The van der Waals surface area contributed by atoms with E-state index >= 15 is 0 Å². The largest absolute Gasteiger partial charge is 0.493 e. The molecule has 0 bridgehead atoms. The molecule has 3 N–H and O–H groups in total. The molecule has 1 amide bonds. The number of carbonyl (C=O) groups excluding carboxylic acids is 1. The molecule has 0 aliphatic rings. The number of nitrogens with two attached hydrogens (primary N) is 1. The van der Waals surface area contributed by atoms with Gasteiger partial charge in [0.25, 0.3) is 5.91 Å². The minimum atomic E-state index is -0.438. The summed E-state index contributed by atoms with van der Waals surface area (Å²) in [7, 11) is 0. The van der Waals surface area contributed by atoms with Crippen LogP contribution in [0.15, 0.2) is 42.9 Å². The smallest absolute Gasteiger partial charge is 0.278 e. The summed E-state index contributed by atoms with van der Waals surface area (Å²) in [5.41, 5.74) is 6.94. The molecule has 0 saturated heterocycles. The summed E-state index contributed by atoms with van der Waals surface area (Å²) >= 11 is 0. The minimum absolute atomic E-state index is 0.0745. The Morgan fingerprint density at radius 2 is 2.00 bits per heavy atom. The highest BCUT2D eigenvalue weighted by Crippen LogP contribution is 2.30. The minimum Gasteiger partial charge on any atom is -0.493 e. The molecule has 0 spiro atoms. The van der Waals surface area contributed by atoms with Crippen molar-refractivity contribution < 1.29 is 9.53 Å². The van der Waals surface area contributed by atoms with Crippen molar-refractivity contribution in [2.45, 2.75) is 6.92 Å². The van der Waals surface area contributed by atoms with Gasteiger partial charge in [-0.25, -0.2) is 9.97 Å². The van der Waals surface area contributed by atoms with Crippen molar-refractivity contribution >= 4 is 28.3 Å². The summed E-state index contributed by atoms with van der Waals surface area (Å²) in [6, 6.07) is 7.24. The van der Waals surface area contributed by atoms with Crippen LogP contribution in [0.2, 0.25) is 0 Å². The van der Waals surface area contributed by atoms with Crippen LogP contribution < -0.4 is 15.8 Å². The number of fused-ring (bicyclic) bond motifs is 1. The molecule has 0 saturated carbocycles. The zero-order chi connectivity index (χ0) is 16.2. The fraction of sp³-hybridized carbons (Fsp3) is 0.125. The number of anilines is 2. The molecule has 1 aromatic carbocycles. The number of nitrogen functional groups attached to an aromatic ring is 1. The number of ether oxygens (including phenoxy) is 1. The maximum Gasteiger partial charge on any atom is 0.278 e. The average Bonchev–Trinajstić information content (AvgIpc) is 2.57. The molecule has 0 atom stereocenters. The monoisotopic (exact) mass is 309 g/mol. The molecule has 0 radical (unpaired) electrons. The maximum absolute atomic E-state index is 12.3. The first-order valence-electron chi connectivity index (χ1n) is 7.09. The van der Waals surface area contributed by atoms with Crippen molar-refractivity contribution in [3.8, 4) is 5.75 Å². The predicted octanol–water partition coefficient (Wildman–Crippen LogP) is 2.26. The highest BCUT2D eigenvalue weighted by atomic mass is 16.5. The standard InChI is InChI=1S/C16H15N5O2/c1-2-23-12-6-5-11(13-10(12)4-3-7-18-13)21-16(22)14-15(17)20-9-8-19-14/h3-9H,2H2,1H3,(H2,17,20)(H,21,22). The Labute approximate surface area is 132 Å². The van der Waals surface area contributed by atoms with Crippen molar-refractivity contribution in [3.05, 3.63) is 48.5 Å². The number of benzene rings is 1. The Morgan fingerprint density at radius 3 is 2.78 bits per heavy atom. The van der Waals surface area contributed by atoms with Crippen molar-refractivity contribution in [2.24, 2.45) is 0 Å². The molecule has 7 nitrogen and oxygen atoms in total. The van der Waals surface area contributed by atoms with Gasteiger partial charge < -0.3 is 15.8 Å². The summed E-state index contributed by atoms with van der Waals surface area (Å²) in [6.45, 7) is 2.46. The Morgan fingerprint density at radius 1 is 1.17 bits per heavy atom. The van der Waals surface area contributed by atoms with Crippen LogP contribution in [0, 0.1) is 0 Å². The number of aromatic nitrogens is 3. The van der Waals surface area contributed by atoms with Gasteiger partial charge in [-0.1, -0.05) is 0 Å². The predicted molar refractivity (Wildman–Crippen MR) is 87.3 cm³/mol. The highest BCUT2D eigenvalue weighted by Gasteiger charge is 2.15. The third-order valence-corrected chi connectivity index (χ3v) is 3.22. The molecule has 23 heavy (non-hydrogen) atoms. The van der Waals surface area contributed by atoms with E-state index in [2.05, 4.69) is 20.3 Å². The van der Waals surface area contributed by atoms with E-state index in [1.165, 1.54) is 12.4 Å². The molecule has 0 fully saturated rings. The van der Waals surface area contributed by atoms with Crippen LogP contribution in [-0.2, 0) is 0 Å². The molecule has 7 heteroatoms. The molecule has 2 heterocycles. The lowest BCUT2D eigenvalue weighted by atomic mass is 10.1. The van der Waals surface area contributed by atoms with Crippen LogP contribution in [0.1, 0.15) is 17.4 Å². The van der Waals surface area contributed by atoms with Crippen LogP contribution in [0.3, 0.4) is 0 Å². The number of rotatable bonds is 4. The molecule has 3 rings (SSSR count). The number of amides is 1. The fourth-order valence-electron chi connectivity index (χ4n) is 2.23. The van der Waals surface area contributed by atoms with Gasteiger partial charge in [-0.05, 0) is 31.2 Å². The number of hydrogen-bond acceptors (Lipinski definition) is 6. The zero-order valence-corrected chi connectivity index (χ0v) is 12.5. The molecular weight excluding hydrogens is 294 g/mol. The van der Waals surface area contributed by atoms with E-state index < -0.39 is 5.91 Å². The second kappa shape index (κ2) is 6.27. The van der Waals surface area contributed by atoms with E-state index in [0.717, 1.165) is 5.39 Å². The third-order valence-electron chi connectivity index (χ3n) is 3.22. The van der Waals surface area contributed by atoms with Crippen molar-refractivity contribution in [2.75, 3.05) is 17.7 Å². The first-order valence-corrected chi connectivity index (χ1v) is 7.09. The summed E-state index contributed by atoms with van der Waals surface area (Å²) in [4.78, 5) is 24.5. The van der Waals surface area contributed by atoms with Crippen molar-refractivity contribution in [1.82, 2.24) is 15.0 Å². The van der Waals surface area contributed by atoms with Crippen LogP contribution in [-0.4, -0.2) is 27.5 Å². The lowest BCUT2D eigenvalue weighted by molar-refractivity contribution is 0.102. The SMILES string of the molecule is CCOc1ccc(NC(=O)c2nccnc2N)c2ncccc12. The van der Waals surface area contributed by atoms with Gasteiger partial charge in [0.15, 0.2) is 11.5 Å². The topological polar surface area (TPSA) is 103 Å². The molecule has 0 aliphatic carbocycles. The Kier molecular flexibility index (Phi) is 4.01. The first kappa shape index (κ1) is 14.7. The number of hydrogen-bond donors (Lipinski definition) is 2. The van der Waals surface area contributed by atoms with Gasteiger partial charge in [-0.2, -0.15) is 0 Å². The second-order valence-corrected chi connectivity index (χ2v) is 4.69. The molecule has 0 aliphatic heterocycles. The quantitative estimate of drug-likeness (QED) is 0.766. The zero-order valence-electron chi connectivity index (χ0n) is 12.5. The van der Waals surface area contributed by atoms with Crippen LogP contribution in [0.25, 0.3) is 10.9 Å². The van der Waals surface area contributed by atoms with E-state index in [4.69, 9.17) is 10.5 Å². The van der Waals surface area contributed by atoms with Gasteiger partial charge in [0.05, 0.1) is 17.8 Å². The molecule has 116 valence electrons. The number of nitrogens with zero attached hydrogens (tertiary/aromatic N) is 3. The lowest BCUT2D eigenvalue weighted by Gasteiger charge is -2.12. The van der Waals surface area contributed by atoms with Crippen molar-refractivity contribution in [1.29, 1.82) is 0 Å². The first-order chi connectivity index (χ1) is 11.2. The van der Waals surface area contributed by atoms with E-state index in [0.29, 0.717) is 23.6 Å². The van der Waals surface area contributed by atoms with Crippen LogP contribution in [0.5, 0.6) is 5.75 Å². The summed E-state index contributed by atoms with van der Waals surface area (Å²) in [5, 5.41) is 3.59. The number of pyridine rings is 1. The maximum atomic E-state index is 12.3. The molecule has 3 aromatic rings. The van der Waals surface area contributed by atoms with E-state index in [-0.39, 0.29) is 11.5 Å². The van der Waals surface area contributed by atoms with E-state index in [1.807, 2.05) is 19.1 Å². The number of carbonyl (C=O) groups is 1. The van der Waals surface area contributed by atoms with Gasteiger partial charge >= 0.3 is 0 Å². The second-order valence-electron chi connectivity index (χ2n) is 4.69. The number of nitrogens with one attached hydrogen (secondary N) is 1. The van der Waals surface area contributed by atoms with Gasteiger partial charge in [-0.3, -0.25) is 9.78 Å². The van der Waals surface area contributed by atoms with Crippen molar-refractivity contribution in [3.63, 3.8) is 0 Å². The fourth-order valence-corrected chi connectivity index (χ4v) is 2.23. The Balaban J connectivity index is 1.99. The third kappa shape index (κ3) is 2.89. The summed E-state index contributed by atoms with van der Waals surface area (Å²) < 4.78 is 5.59. The molecule has 0 unspecified atom stereocenters. The normalized spacial score (nSPS) is 10.5. The van der Waals surface area contributed by atoms with Gasteiger partial charge in [0.2, 0.25) is 0 Å². The van der Waals surface area contributed by atoms with E-state index in [1.54, 1.807) is 18.3 Å². The molecule has 2 aromatic heterocycles. The van der Waals surface area contributed by atoms with E-state index in [9.17, 15) is 4.79 Å². The highest BCUT2D eigenvalue weighted by molar-refractivity contribution is 6.09. The summed E-state index contributed by atoms with van der Waals surface area (Å²) in [5.74, 6) is 0.354. The Hall–Kier alpha value is -3.22. The van der Waals surface area contributed by atoms with Gasteiger partial charge in [0.1, 0.15) is 5.75 Å². The summed E-state index contributed by atoms with van der Waals surface area (Å²) in [6.07, 6.45) is 4.50. The Bertz CT molecular complexity index is 866.